The first-order valence-corrected chi connectivity index (χ1v) is 19.8. The predicted octanol–water partition coefficient (Wildman–Crippen LogP) is 7.23. The number of ether oxygens (including phenoxy) is 1. The van der Waals surface area contributed by atoms with Crippen LogP contribution in [0.1, 0.15) is 137 Å². The van der Waals surface area contributed by atoms with Gasteiger partial charge in [0.2, 0.25) is 5.91 Å². The standard InChI is InChI=1S/C40H72N4O3/c1-29(2)12-8-13-30(3)33-27-31-26-32(15-19-40(31,5)35-16-18-39(4)17-9-14-34(39)38(33)35)47-37(46)28-36(45)44(25-11-21-42)24-7-6-22-43-23-10-20-41/h27,29-30,32-35,38,43H,6-26,28,41-42H2,1-5H3/t30-,32?,33?,34?,35?,38?,39?,40?/m1/s1. The van der Waals surface area contributed by atoms with E-state index in [1.54, 1.807) is 5.57 Å². The van der Waals surface area contributed by atoms with E-state index in [1.165, 1.54) is 51.4 Å². The number of fused-ring (bicyclic) bond motifs is 5. The topological polar surface area (TPSA) is 111 Å². The van der Waals surface area contributed by atoms with Gasteiger partial charge in [0, 0.05) is 19.5 Å². The molecule has 4 aliphatic rings. The third kappa shape index (κ3) is 9.84. The van der Waals surface area contributed by atoms with Gasteiger partial charge in [0.15, 0.2) is 0 Å². The third-order valence-corrected chi connectivity index (χ3v) is 13.2. The number of allylic oxidation sites excluding steroid dienone is 1. The lowest BCUT2D eigenvalue weighted by Crippen LogP contribution is -2.53. The molecule has 0 radical (unpaired) electrons. The Morgan fingerprint density at radius 2 is 1.66 bits per heavy atom. The first-order valence-electron chi connectivity index (χ1n) is 19.8. The fraction of sp³-hybridized carbons (Fsp3) is 0.900. The van der Waals surface area contributed by atoms with Gasteiger partial charge in [-0.05, 0) is 137 Å². The molecule has 0 spiro atoms. The Labute approximate surface area is 288 Å². The second-order valence-corrected chi connectivity index (χ2v) is 17.0. The third-order valence-electron chi connectivity index (χ3n) is 13.2. The summed E-state index contributed by atoms with van der Waals surface area (Å²) >= 11 is 0. The molecule has 270 valence electrons. The summed E-state index contributed by atoms with van der Waals surface area (Å²) in [5.41, 5.74) is 13.6. The van der Waals surface area contributed by atoms with E-state index < -0.39 is 0 Å². The summed E-state index contributed by atoms with van der Waals surface area (Å²) in [5.74, 6) is 3.96. The number of nitrogens with two attached hydrogens (primary N) is 2. The van der Waals surface area contributed by atoms with Gasteiger partial charge in [0.25, 0.3) is 0 Å². The van der Waals surface area contributed by atoms with Crippen molar-refractivity contribution in [2.75, 3.05) is 39.3 Å². The molecule has 0 aromatic heterocycles. The number of hydrogen-bond donors (Lipinski definition) is 3. The highest BCUT2D eigenvalue weighted by Crippen LogP contribution is 2.67. The van der Waals surface area contributed by atoms with Crippen molar-refractivity contribution >= 4 is 11.9 Å². The van der Waals surface area contributed by atoms with E-state index in [9.17, 15) is 9.59 Å². The monoisotopic (exact) mass is 657 g/mol. The van der Waals surface area contributed by atoms with Gasteiger partial charge in [0.05, 0.1) is 0 Å². The second kappa shape index (κ2) is 18.0. The van der Waals surface area contributed by atoms with Gasteiger partial charge >= 0.3 is 5.97 Å². The van der Waals surface area contributed by atoms with E-state index in [0.29, 0.717) is 43.4 Å². The molecule has 47 heavy (non-hydrogen) atoms. The molecule has 3 fully saturated rings. The zero-order valence-corrected chi connectivity index (χ0v) is 31.0. The summed E-state index contributed by atoms with van der Waals surface area (Å²) in [5, 5.41) is 3.40. The number of nitrogens with one attached hydrogen (secondary N) is 1. The summed E-state index contributed by atoms with van der Waals surface area (Å²) in [7, 11) is 0. The zero-order valence-electron chi connectivity index (χ0n) is 31.0. The number of unbranched alkanes of at least 4 members (excludes halogenated alkanes) is 1. The fourth-order valence-electron chi connectivity index (χ4n) is 10.4. The van der Waals surface area contributed by atoms with Crippen molar-refractivity contribution < 1.29 is 14.3 Å². The summed E-state index contributed by atoms with van der Waals surface area (Å²) in [6.07, 6.45) is 19.7. The van der Waals surface area contributed by atoms with Crippen LogP contribution < -0.4 is 16.8 Å². The van der Waals surface area contributed by atoms with Crippen LogP contribution in [0.2, 0.25) is 0 Å². The van der Waals surface area contributed by atoms with Crippen molar-refractivity contribution in [3.8, 4) is 0 Å². The fourth-order valence-corrected chi connectivity index (χ4v) is 10.4. The number of carbonyl (C=O) groups excluding carboxylic acids is 2. The number of rotatable bonds is 19. The van der Waals surface area contributed by atoms with Crippen LogP contribution in [-0.2, 0) is 14.3 Å². The average molecular weight is 657 g/mol. The summed E-state index contributed by atoms with van der Waals surface area (Å²) < 4.78 is 6.13. The molecule has 0 aromatic rings. The SMILES string of the molecule is CC(C)CCC[C@@H](C)C1C=C2CC(OC(=O)CC(=O)N(CCCN)CCCCNCCCN)CCC2(C)C2CCC3(C)CCCC3C12. The lowest BCUT2D eigenvalue weighted by atomic mass is 9.45. The van der Waals surface area contributed by atoms with Gasteiger partial charge in [-0.15, -0.1) is 0 Å². The Hall–Kier alpha value is -1.44. The first-order chi connectivity index (χ1) is 22.5. The molecule has 5 N–H and O–H groups in total. The molecular formula is C40H72N4O3. The van der Waals surface area contributed by atoms with Crippen molar-refractivity contribution in [2.24, 2.45) is 57.8 Å². The molecule has 4 rings (SSSR count). The van der Waals surface area contributed by atoms with Crippen molar-refractivity contribution in [1.29, 1.82) is 0 Å². The molecule has 0 saturated heterocycles. The van der Waals surface area contributed by atoms with Gasteiger partial charge in [-0.2, -0.15) is 0 Å². The minimum absolute atomic E-state index is 0.125. The van der Waals surface area contributed by atoms with Crippen molar-refractivity contribution in [1.82, 2.24) is 10.2 Å². The van der Waals surface area contributed by atoms with E-state index >= 15 is 0 Å². The highest BCUT2D eigenvalue weighted by molar-refractivity contribution is 5.94. The molecule has 7 unspecified atom stereocenters. The van der Waals surface area contributed by atoms with Crippen LogP contribution in [0.4, 0.5) is 0 Å². The average Bonchev–Trinajstić information content (AvgIpc) is 3.43. The van der Waals surface area contributed by atoms with Crippen molar-refractivity contribution in [3.05, 3.63) is 11.6 Å². The Kier molecular flexibility index (Phi) is 14.7. The van der Waals surface area contributed by atoms with Gasteiger partial charge in [-0.1, -0.05) is 72.0 Å². The largest absolute Gasteiger partial charge is 0.462 e. The second-order valence-electron chi connectivity index (χ2n) is 17.0. The van der Waals surface area contributed by atoms with E-state index in [0.717, 1.165) is 81.7 Å². The highest BCUT2D eigenvalue weighted by atomic mass is 16.5. The molecular weight excluding hydrogens is 584 g/mol. The molecule has 0 bridgehead atoms. The molecule has 8 atom stereocenters. The van der Waals surface area contributed by atoms with Crippen LogP contribution in [0, 0.1) is 46.3 Å². The van der Waals surface area contributed by atoms with Crippen molar-refractivity contribution in [2.45, 2.75) is 143 Å². The molecule has 3 saturated carbocycles. The highest BCUT2D eigenvalue weighted by Gasteiger charge is 2.59. The zero-order chi connectivity index (χ0) is 34.0. The lowest BCUT2D eigenvalue weighted by molar-refractivity contribution is -0.155. The number of nitrogens with zero attached hydrogens (tertiary/aromatic N) is 1. The van der Waals surface area contributed by atoms with E-state index in [4.69, 9.17) is 16.2 Å². The maximum atomic E-state index is 13.2. The molecule has 7 nitrogen and oxygen atoms in total. The summed E-state index contributed by atoms with van der Waals surface area (Å²) in [6.45, 7) is 16.7. The number of esters is 1. The van der Waals surface area contributed by atoms with Gasteiger partial charge in [0.1, 0.15) is 12.5 Å². The van der Waals surface area contributed by atoms with Crippen LogP contribution >= 0.6 is 0 Å². The first kappa shape index (κ1) is 38.4. The van der Waals surface area contributed by atoms with Crippen LogP contribution in [-0.4, -0.2) is 62.1 Å². The Morgan fingerprint density at radius 3 is 2.40 bits per heavy atom. The number of hydrogen-bond acceptors (Lipinski definition) is 6. The van der Waals surface area contributed by atoms with Gasteiger partial charge in [-0.25, -0.2) is 0 Å². The van der Waals surface area contributed by atoms with Gasteiger partial charge < -0.3 is 26.4 Å². The number of amides is 1. The Balaban J connectivity index is 1.39. The van der Waals surface area contributed by atoms with Crippen LogP contribution in [0.15, 0.2) is 11.6 Å². The molecule has 0 heterocycles. The predicted molar refractivity (Wildman–Crippen MR) is 194 cm³/mol. The van der Waals surface area contributed by atoms with Crippen LogP contribution in [0.3, 0.4) is 0 Å². The van der Waals surface area contributed by atoms with Crippen LogP contribution in [0.5, 0.6) is 0 Å². The minimum Gasteiger partial charge on any atom is -0.462 e. The smallest absolute Gasteiger partial charge is 0.315 e. The molecule has 0 aliphatic heterocycles. The van der Waals surface area contributed by atoms with Crippen molar-refractivity contribution in [3.63, 3.8) is 0 Å². The van der Waals surface area contributed by atoms with Crippen LogP contribution in [0.25, 0.3) is 0 Å². The van der Waals surface area contributed by atoms with E-state index in [1.807, 2.05) is 4.90 Å². The maximum absolute atomic E-state index is 13.2. The quantitative estimate of drug-likeness (QED) is 0.0586. The lowest BCUT2D eigenvalue weighted by Gasteiger charge is -2.60. The molecule has 1 amide bonds. The van der Waals surface area contributed by atoms with E-state index in [-0.39, 0.29) is 29.8 Å². The Morgan fingerprint density at radius 1 is 0.915 bits per heavy atom. The Bertz CT molecular complexity index is 1030. The normalized spacial score (nSPS) is 32.3. The minimum atomic E-state index is -0.364. The summed E-state index contributed by atoms with van der Waals surface area (Å²) in [4.78, 5) is 28.3. The van der Waals surface area contributed by atoms with Gasteiger partial charge in [-0.3, -0.25) is 9.59 Å². The molecule has 0 aromatic carbocycles. The van der Waals surface area contributed by atoms with E-state index in [2.05, 4.69) is 46.0 Å². The molecule has 7 heteroatoms. The summed E-state index contributed by atoms with van der Waals surface area (Å²) in [6, 6.07) is 0. The maximum Gasteiger partial charge on any atom is 0.315 e. The molecule has 4 aliphatic carbocycles. The number of carbonyl (C=O) groups is 2.